The van der Waals surface area contributed by atoms with Crippen molar-refractivity contribution >= 4 is 15.9 Å². The third kappa shape index (κ3) is 4.82. The van der Waals surface area contributed by atoms with Crippen molar-refractivity contribution in [2.45, 2.75) is 43.2 Å². The van der Waals surface area contributed by atoms with Gasteiger partial charge in [0.25, 0.3) is 5.91 Å². The summed E-state index contributed by atoms with van der Waals surface area (Å²) in [5, 5.41) is 6.34. The maximum atomic E-state index is 12.4. The second kappa shape index (κ2) is 8.47. The van der Waals surface area contributed by atoms with Gasteiger partial charge in [0, 0.05) is 24.8 Å². The Balaban J connectivity index is 1.58. The van der Waals surface area contributed by atoms with E-state index >= 15 is 0 Å². The van der Waals surface area contributed by atoms with Crippen molar-refractivity contribution in [2.75, 3.05) is 26.2 Å². The molecule has 26 heavy (non-hydrogen) atoms. The smallest absolute Gasteiger partial charge is 0.251 e. The lowest BCUT2D eigenvalue weighted by molar-refractivity contribution is 0.0914. The highest BCUT2D eigenvalue weighted by atomic mass is 32.2. The van der Waals surface area contributed by atoms with Crippen LogP contribution < -0.4 is 15.4 Å². The lowest BCUT2D eigenvalue weighted by Gasteiger charge is -2.30. The van der Waals surface area contributed by atoms with Crippen LogP contribution in [0.4, 0.5) is 0 Å². The van der Waals surface area contributed by atoms with Gasteiger partial charge in [-0.05, 0) is 62.5 Å². The van der Waals surface area contributed by atoms with Gasteiger partial charge in [0.2, 0.25) is 10.0 Å². The topological polar surface area (TPSA) is 96.5 Å². The Morgan fingerprint density at radius 3 is 2.69 bits per heavy atom. The van der Waals surface area contributed by atoms with Crippen molar-refractivity contribution in [3.05, 3.63) is 29.8 Å². The zero-order chi connectivity index (χ0) is 18.6. The van der Waals surface area contributed by atoms with Crippen molar-refractivity contribution in [1.82, 2.24) is 15.4 Å². The van der Waals surface area contributed by atoms with Gasteiger partial charge in [-0.15, -0.1) is 0 Å². The molecule has 3 N–H and O–H groups in total. The molecule has 1 amide bonds. The van der Waals surface area contributed by atoms with Gasteiger partial charge in [0.15, 0.2) is 0 Å². The number of benzene rings is 1. The number of hydrogen-bond acceptors (Lipinski definition) is 5. The molecule has 0 radical (unpaired) electrons. The number of nitrogens with one attached hydrogen (secondary N) is 3. The van der Waals surface area contributed by atoms with Crippen LogP contribution in [0.25, 0.3) is 0 Å². The van der Waals surface area contributed by atoms with Gasteiger partial charge in [-0.2, -0.15) is 0 Å². The first-order valence-electron chi connectivity index (χ1n) is 9.18. The quantitative estimate of drug-likeness (QED) is 0.680. The first kappa shape index (κ1) is 19.3. The first-order valence-corrected chi connectivity index (χ1v) is 10.7. The van der Waals surface area contributed by atoms with Crippen LogP contribution in [0.15, 0.2) is 29.2 Å². The molecule has 8 heteroatoms. The Hall–Kier alpha value is -1.48. The van der Waals surface area contributed by atoms with Crippen LogP contribution in [-0.2, 0) is 14.8 Å². The summed E-state index contributed by atoms with van der Waals surface area (Å²) in [5.74, 6) is 0.203. The summed E-state index contributed by atoms with van der Waals surface area (Å²) in [4.78, 5) is 12.6. The lowest BCUT2D eigenvalue weighted by atomic mass is 9.95. The number of carbonyl (C=O) groups excluding carboxylic acids is 1. The maximum Gasteiger partial charge on any atom is 0.251 e. The normalized spacial score (nSPS) is 26.6. The third-order valence-electron chi connectivity index (χ3n) is 5.05. The van der Waals surface area contributed by atoms with Crippen molar-refractivity contribution < 1.29 is 17.9 Å². The van der Waals surface area contributed by atoms with Crippen LogP contribution in [0.5, 0.6) is 0 Å². The summed E-state index contributed by atoms with van der Waals surface area (Å²) in [6, 6.07) is 6.20. The van der Waals surface area contributed by atoms with E-state index in [2.05, 4.69) is 22.3 Å². The minimum absolute atomic E-state index is 0.0539. The van der Waals surface area contributed by atoms with Crippen LogP contribution in [0.2, 0.25) is 0 Å². The van der Waals surface area contributed by atoms with Crippen LogP contribution in [0.3, 0.4) is 0 Å². The second-order valence-corrected chi connectivity index (χ2v) is 8.83. The Bertz CT molecular complexity index is 714. The highest BCUT2D eigenvalue weighted by molar-refractivity contribution is 7.89. The molecule has 3 atom stereocenters. The van der Waals surface area contributed by atoms with E-state index in [9.17, 15) is 13.2 Å². The zero-order valence-corrected chi connectivity index (χ0v) is 15.8. The fourth-order valence-corrected chi connectivity index (χ4v) is 4.42. The molecule has 3 rings (SSSR count). The highest BCUT2D eigenvalue weighted by Crippen LogP contribution is 2.15. The Kier molecular flexibility index (Phi) is 6.29. The van der Waals surface area contributed by atoms with Crippen LogP contribution in [0, 0.1) is 5.92 Å². The van der Waals surface area contributed by atoms with Gasteiger partial charge in [-0.1, -0.05) is 6.92 Å². The molecule has 2 aliphatic heterocycles. The molecule has 0 bridgehead atoms. The van der Waals surface area contributed by atoms with Crippen LogP contribution in [-0.4, -0.2) is 52.7 Å². The summed E-state index contributed by atoms with van der Waals surface area (Å²) < 4.78 is 32.7. The van der Waals surface area contributed by atoms with E-state index in [0.29, 0.717) is 18.1 Å². The third-order valence-corrected chi connectivity index (χ3v) is 6.49. The number of hydrogen-bond donors (Lipinski definition) is 3. The number of rotatable bonds is 6. The number of piperidine rings is 1. The molecule has 144 valence electrons. The Labute approximate surface area is 154 Å². The van der Waals surface area contributed by atoms with Gasteiger partial charge in [0.1, 0.15) is 0 Å². The number of carbonyl (C=O) groups is 1. The molecule has 2 heterocycles. The predicted octanol–water partition coefficient (Wildman–Crippen LogP) is 0.872. The van der Waals surface area contributed by atoms with Crippen molar-refractivity contribution in [2.24, 2.45) is 5.92 Å². The number of amides is 1. The van der Waals surface area contributed by atoms with E-state index < -0.39 is 10.0 Å². The standard InChI is InChI=1S/C18H27N3O4S/c1-13-11-19-9-8-17(13)21-18(22)14-4-6-16(7-5-14)26(23,24)20-12-15-3-2-10-25-15/h4-7,13,15,17,19-20H,2-3,8-12H2,1H3,(H,21,22). The average Bonchev–Trinajstić information content (AvgIpc) is 3.16. The molecule has 0 spiro atoms. The largest absolute Gasteiger partial charge is 0.377 e. The fourth-order valence-electron chi connectivity index (χ4n) is 3.36. The minimum atomic E-state index is -3.60. The van der Waals surface area contributed by atoms with E-state index in [1.54, 1.807) is 12.1 Å². The summed E-state index contributed by atoms with van der Waals surface area (Å²) >= 11 is 0. The Morgan fingerprint density at radius 2 is 2.04 bits per heavy atom. The number of sulfonamides is 1. The Morgan fingerprint density at radius 1 is 1.27 bits per heavy atom. The predicted molar refractivity (Wildman–Crippen MR) is 98.5 cm³/mol. The molecular formula is C18H27N3O4S. The first-order chi connectivity index (χ1) is 12.5. The van der Waals surface area contributed by atoms with E-state index in [0.717, 1.165) is 32.4 Å². The molecule has 2 aliphatic rings. The maximum absolute atomic E-state index is 12.4. The molecule has 2 fully saturated rings. The highest BCUT2D eigenvalue weighted by Gasteiger charge is 2.24. The van der Waals surface area contributed by atoms with Crippen LogP contribution >= 0.6 is 0 Å². The molecule has 0 aromatic heterocycles. The summed E-state index contributed by atoms with van der Waals surface area (Å²) in [6.07, 6.45) is 2.68. The van der Waals surface area contributed by atoms with Crippen molar-refractivity contribution in [1.29, 1.82) is 0 Å². The zero-order valence-electron chi connectivity index (χ0n) is 15.0. The summed E-state index contributed by atoms with van der Waals surface area (Å²) in [5.41, 5.74) is 0.466. The lowest BCUT2D eigenvalue weighted by Crippen LogP contribution is -2.48. The SMILES string of the molecule is CC1CNCCC1NC(=O)c1ccc(S(=O)(=O)NCC2CCCO2)cc1. The molecular weight excluding hydrogens is 354 g/mol. The molecule has 0 saturated carbocycles. The average molecular weight is 381 g/mol. The fraction of sp³-hybridized carbons (Fsp3) is 0.611. The van der Waals surface area contributed by atoms with Crippen molar-refractivity contribution in [3.63, 3.8) is 0 Å². The monoisotopic (exact) mass is 381 g/mol. The molecule has 3 unspecified atom stereocenters. The van der Waals surface area contributed by atoms with Crippen LogP contribution in [0.1, 0.15) is 36.5 Å². The molecule has 7 nitrogen and oxygen atoms in total. The summed E-state index contributed by atoms with van der Waals surface area (Å²) in [6.45, 7) is 4.85. The van der Waals surface area contributed by atoms with Gasteiger partial charge in [0.05, 0.1) is 11.0 Å². The van der Waals surface area contributed by atoms with E-state index in [4.69, 9.17) is 4.74 Å². The van der Waals surface area contributed by atoms with Gasteiger partial charge in [-0.25, -0.2) is 13.1 Å². The molecule has 2 saturated heterocycles. The van der Waals surface area contributed by atoms with Gasteiger partial charge >= 0.3 is 0 Å². The minimum Gasteiger partial charge on any atom is -0.377 e. The number of ether oxygens (including phenoxy) is 1. The molecule has 1 aromatic rings. The van der Waals surface area contributed by atoms with Gasteiger partial charge < -0.3 is 15.4 Å². The summed E-state index contributed by atoms with van der Waals surface area (Å²) in [7, 11) is -3.60. The van der Waals surface area contributed by atoms with E-state index in [-0.39, 0.29) is 29.5 Å². The molecule has 1 aromatic carbocycles. The molecule has 0 aliphatic carbocycles. The van der Waals surface area contributed by atoms with E-state index in [1.165, 1.54) is 12.1 Å². The van der Waals surface area contributed by atoms with Gasteiger partial charge in [-0.3, -0.25) is 4.79 Å². The second-order valence-electron chi connectivity index (χ2n) is 7.06. The van der Waals surface area contributed by atoms with Crippen molar-refractivity contribution in [3.8, 4) is 0 Å². The van der Waals surface area contributed by atoms with E-state index in [1.807, 2.05) is 0 Å².